The lowest BCUT2D eigenvalue weighted by atomic mass is 9.43. The van der Waals surface area contributed by atoms with Crippen LogP contribution in [0.3, 0.4) is 0 Å². The number of guanidine groups is 1. The topological polar surface area (TPSA) is 124 Å². The summed E-state index contributed by atoms with van der Waals surface area (Å²) in [7, 11) is 0. The maximum Gasteiger partial charge on any atom is 0.302 e. The predicted octanol–water partition coefficient (Wildman–Crippen LogP) is 4.22. The van der Waals surface area contributed by atoms with Gasteiger partial charge in [0.25, 0.3) is 0 Å². The molecule has 1 heterocycles. The fraction of sp³-hybridized carbons (Fsp3) is 0.800. The van der Waals surface area contributed by atoms with E-state index in [0.717, 1.165) is 63.5 Å². The minimum Gasteiger partial charge on any atom is -0.463 e. The maximum atomic E-state index is 12.4. The third-order valence-electron chi connectivity index (χ3n) is 10.2. The molecule has 0 aliphatic heterocycles. The van der Waals surface area contributed by atoms with Gasteiger partial charge in [-0.25, -0.2) is 4.98 Å². The first-order chi connectivity index (χ1) is 15.6. The summed E-state index contributed by atoms with van der Waals surface area (Å²) in [6, 6.07) is 0. The molecule has 1 aromatic heterocycles. The Balaban J connectivity index is 1.39. The molecule has 0 amide bonds. The Morgan fingerprint density at radius 2 is 1.94 bits per heavy atom. The van der Waals surface area contributed by atoms with Crippen molar-refractivity contribution in [3.8, 4) is 0 Å². The SMILES string of the molecule is CC(=O)O[C@H]1CC[C@]2(C)C3CC[C@]4(C)[C@@H](c5csc(N=C(N)N)n5)CC[C@]4(O)C3CC[C@@H]2C1. The zero-order valence-electron chi connectivity index (χ0n) is 20.0. The zero-order chi connectivity index (χ0) is 23.6. The second-order valence-corrected chi connectivity index (χ2v) is 12.4. The standard InChI is InChI=1S/C25H38N4O3S/c1-14(30)32-16-6-9-23(2)15(12-16)4-5-18-17(23)7-10-24(3)19(8-11-25(18,24)31)20-13-33-22(28-20)29-21(26)27/h13,15-19,31H,4-12H2,1-3H3,(H4,26,27,28,29)/t15-,16+,17?,18?,19-,23+,24-,25+/m1/s1. The predicted molar refractivity (Wildman–Crippen MR) is 129 cm³/mol. The average molecular weight is 475 g/mol. The van der Waals surface area contributed by atoms with Gasteiger partial charge in [0, 0.05) is 23.6 Å². The molecule has 182 valence electrons. The molecule has 0 aromatic carbocycles. The van der Waals surface area contributed by atoms with Crippen LogP contribution in [-0.2, 0) is 9.53 Å². The first-order valence-corrected chi connectivity index (χ1v) is 13.4. The number of rotatable bonds is 3. The summed E-state index contributed by atoms with van der Waals surface area (Å²) in [5, 5.41) is 15.0. The molecular weight excluding hydrogens is 436 g/mol. The molecule has 0 bridgehead atoms. The number of hydrogen-bond acceptors (Lipinski definition) is 6. The van der Waals surface area contributed by atoms with Gasteiger partial charge >= 0.3 is 5.97 Å². The van der Waals surface area contributed by atoms with E-state index in [1.807, 2.05) is 0 Å². The van der Waals surface area contributed by atoms with Crippen LogP contribution in [0, 0.1) is 28.6 Å². The van der Waals surface area contributed by atoms with Crippen LogP contribution in [0.5, 0.6) is 0 Å². The Morgan fingerprint density at radius 3 is 2.67 bits per heavy atom. The van der Waals surface area contributed by atoms with Gasteiger partial charge in [-0.15, -0.1) is 11.3 Å². The number of hydrogen-bond donors (Lipinski definition) is 3. The van der Waals surface area contributed by atoms with Gasteiger partial charge in [-0.05, 0) is 81.0 Å². The molecule has 4 aliphatic rings. The average Bonchev–Trinajstić information content (AvgIpc) is 3.29. The van der Waals surface area contributed by atoms with Crippen LogP contribution in [-0.4, -0.2) is 33.7 Å². The highest BCUT2D eigenvalue weighted by Crippen LogP contribution is 2.70. The summed E-state index contributed by atoms with van der Waals surface area (Å²) < 4.78 is 5.60. The van der Waals surface area contributed by atoms with E-state index in [1.165, 1.54) is 18.3 Å². The van der Waals surface area contributed by atoms with Crippen LogP contribution in [0.25, 0.3) is 0 Å². The van der Waals surface area contributed by atoms with Crippen molar-refractivity contribution in [2.75, 3.05) is 0 Å². The van der Waals surface area contributed by atoms with E-state index < -0.39 is 5.60 Å². The number of ether oxygens (including phenoxy) is 1. The fourth-order valence-electron chi connectivity index (χ4n) is 8.60. The molecule has 4 saturated carbocycles. The molecule has 5 N–H and O–H groups in total. The summed E-state index contributed by atoms with van der Waals surface area (Å²) in [4.78, 5) is 20.4. The Morgan fingerprint density at radius 1 is 1.15 bits per heavy atom. The highest BCUT2D eigenvalue weighted by Gasteiger charge is 2.67. The number of nitrogens with two attached hydrogens (primary N) is 2. The van der Waals surface area contributed by atoms with Crippen molar-refractivity contribution in [1.82, 2.24) is 4.98 Å². The summed E-state index contributed by atoms with van der Waals surface area (Å²) in [6.45, 7) is 6.27. The molecule has 7 nitrogen and oxygen atoms in total. The van der Waals surface area contributed by atoms with Crippen LogP contribution in [0.4, 0.5) is 5.13 Å². The lowest BCUT2D eigenvalue weighted by molar-refractivity contribution is -0.207. The van der Waals surface area contributed by atoms with Crippen LogP contribution >= 0.6 is 11.3 Å². The third-order valence-corrected chi connectivity index (χ3v) is 11.0. The Hall–Kier alpha value is -1.67. The smallest absolute Gasteiger partial charge is 0.302 e. The molecule has 8 atom stereocenters. The summed E-state index contributed by atoms with van der Waals surface area (Å²) >= 11 is 1.47. The summed E-state index contributed by atoms with van der Waals surface area (Å²) in [6.07, 6.45) is 9.20. The summed E-state index contributed by atoms with van der Waals surface area (Å²) in [5.41, 5.74) is 11.5. The van der Waals surface area contributed by atoms with Crippen molar-refractivity contribution in [1.29, 1.82) is 0 Å². The number of carbonyl (C=O) groups is 1. The number of fused-ring (bicyclic) bond motifs is 5. The van der Waals surface area contributed by atoms with E-state index in [2.05, 4.69) is 24.2 Å². The van der Waals surface area contributed by atoms with Gasteiger partial charge in [0.1, 0.15) is 6.10 Å². The van der Waals surface area contributed by atoms with E-state index in [0.29, 0.717) is 22.9 Å². The van der Waals surface area contributed by atoms with Crippen LogP contribution in [0.15, 0.2) is 10.4 Å². The normalized spacial score (nSPS) is 44.3. The van der Waals surface area contributed by atoms with Gasteiger partial charge in [-0.1, -0.05) is 13.8 Å². The van der Waals surface area contributed by atoms with Crippen molar-refractivity contribution < 1.29 is 14.6 Å². The van der Waals surface area contributed by atoms with E-state index in [-0.39, 0.29) is 34.8 Å². The highest BCUT2D eigenvalue weighted by molar-refractivity contribution is 7.13. The van der Waals surface area contributed by atoms with Crippen molar-refractivity contribution in [2.45, 2.75) is 96.2 Å². The van der Waals surface area contributed by atoms with Crippen molar-refractivity contribution in [2.24, 2.45) is 45.0 Å². The maximum absolute atomic E-state index is 12.4. The van der Waals surface area contributed by atoms with Crippen molar-refractivity contribution in [3.63, 3.8) is 0 Å². The molecule has 1 aromatic rings. The first-order valence-electron chi connectivity index (χ1n) is 12.5. The molecule has 0 spiro atoms. The molecule has 4 aliphatic carbocycles. The molecule has 2 unspecified atom stereocenters. The monoisotopic (exact) mass is 474 g/mol. The largest absolute Gasteiger partial charge is 0.463 e. The number of esters is 1. The van der Waals surface area contributed by atoms with Gasteiger partial charge in [0.05, 0.1) is 11.3 Å². The summed E-state index contributed by atoms with van der Waals surface area (Å²) in [5.74, 6) is 1.51. The fourth-order valence-corrected chi connectivity index (χ4v) is 9.36. The Kier molecular flexibility index (Phi) is 5.55. The lowest BCUT2D eigenvalue weighted by Crippen LogP contribution is -2.62. The molecule has 8 heteroatoms. The number of aromatic nitrogens is 1. The quantitative estimate of drug-likeness (QED) is 0.342. The number of aliphatic hydroxyl groups is 1. The zero-order valence-corrected chi connectivity index (χ0v) is 20.9. The molecule has 4 fully saturated rings. The molecule has 0 saturated heterocycles. The number of nitrogens with zero attached hydrogens (tertiary/aromatic N) is 2. The van der Waals surface area contributed by atoms with Gasteiger partial charge in [-0.2, -0.15) is 4.99 Å². The minimum absolute atomic E-state index is 0.0268. The molecule has 0 radical (unpaired) electrons. The molecule has 33 heavy (non-hydrogen) atoms. The van der Waals surface area contributed by atoms with E-state index in [1.54, 1.807) is 0 Å². The van der Waals surface area contributed by atoms with Gasteiger partial charge in [0.15, 0.2) is 5.96 Å². The van der Waals surface area contributed by atoms with E-state index >= 15 is 0 Å². The second kappa shape index (κ2) is 7.94. The first kappa shape index (κ1) is 23.1. The van der Waals surface area contributed by atoms with Crippen LogP contribution < -0.4 is 11.5 Å². The molecule has 5 rings (SSSR count). The molecular formula is C25H38N4O3S. The minimum atomic E-state index is -0.665. The lowest BCUT2D eigenvalue weighted by Gasteiger charge is -2.63. The number of aliphatic imine (C=N–C) groups is 1. The highest BCUT2D eigenvalue weighted by atomic mass is 32.1. The van der Waals surface area contributed by atoms with Gasteiger partial charge in [0.2, 0.25) is 5.13 Å². The third kappa shape index (κ3) is 3.51. The number of carbonyl (C=O) groups excluding carboxylic acids is 1. The van der Waals surface area contributed by atoms with Gasteiger partial charge in [-0.3, -0.25) is 4.79 Å². The van der Waals surface area contributed by atoms with E-state index in [9.17, 15) is 9.90 Å². The Labute approximate surface area is 200 Å². The van der Waals surface area contributed by atoms with E-state index in [4.69, 9.17) is 21.2 Å². The van der Waals surface area contributed by atoms with Crippen LogP contribution in [0.2, 0.25) is 0 Å². The van der Waals surface area contributed by atoms with Crippen molar-refractivity contribution in [3.05, 3.63) is 11.1 Å². The van der Waals surface area contributed by atoms with Crippen molar-refractivity contribution >= 4 is 28.4 Å². The Bertz CT molecular complexity index is 961. The second-order valence-electron chi connectivity index (χ2n) is 11.6. The van der Waals surface area contributed by atoms with Crippen LogP contribution in [0.1, 0.15) is 90.2 Å². The van der Waals surface area contributed by atoms with Gasteiger partial charge < -0.3 is 21.3 Å². The number of thiazole rings is 1.